The molecular formula is C24H26N4O2. The third kappa shape index (κ3) is 3.37. The fourth-order valence-electron chi connectivity index (χ4n) is 4.45. The summed E-state index contributed by atoms with van der Waals surface area (Å²) in [5, 5.41) is 4.28. The molecule has 2 aliphatic heterocycles. The molecule has 0 atom stereocenters. The average Bonchev–Trinajstić information content (AvgIpc) is 2.75. The number of ether oxygens (including phenoxy) is 1. The second-order valence-electron chi connectivity index (χ2n) is 8.38. The van der Waals surface area contributed by atoms with Crippen molar-refractivity contribution in [2.24, 2.45) is 0 Å². The molecule has 6 heteroatoms. The van der Waals surface area contributed by atoms with Crippen molar-refractivity contribution in [3.05, 3.63) is 65.7 Å². The molecule has 1 aromatic heterocycles. The van der Waals surface area contributed by atoms with Gasteiger partial charge in [0.05, 0.1) is 11.1 Å². The normalized spacial score (nSPS) is 18.0. The van der Waals surface area contributed by atoms with Crippen molar-refractivity contribution in [2.75, 3.05) is 32.1 Å². The number of pyridine rings is 1. The lowest BCUT2D eigenvalue weighted by atomic mass is 9.96. The Bertz CT molecular complexity index is 1100. The van der Waals surface area contributed by atoms with E-state index in [4.69, 9.17) is 9.72 Å². The van der Waals surface area contributed by atoms with Crippen molar-refractivity contribution in [3.8, 4) is 5.75 Å². The maximum Gasteiger partial charge on any atom is 0.258 e. The van der Waals surface area contributed by atoms with Gasteiger partial charge in [-0.1, -0.05) is 30.3 Å². The zero-order valence-corrected chi connectivity index (χ0v) is 17.4. The van der Waals surface area contributed by atoms with E-state index in [0.717, 1.165) is 49.2 Å². The number of amides is 1. The molecule has 0 saturated carbocycles. The summed E-state index contributed by atoms with van der Waals surface area (Å²) >= 11 is 0. The summed E-state index contributed by atoms with van der Waals surface area (Å²) in [7, 11) is 4.07. The molecule has 0 aliphatic carbocycles. The minimum atomic E-state index is -0.603. The molecule has 0 bridgehead atoms. The Kier molecular flexibility index (Phi) is 4.59. The van der Waals surface area contributed by atoms with Crippen molar-refractivity contribution >= 4 is 22.6 Å². The first-order valence-electron chi connectivity index (χ1n) is 10.4. The van der Waals surface area contributed by atoms with Crippen LogP contribution in [0.2, 0.25) is 0 Å². The Hall–Kier alpha value is -3.12. The molecule has 3 heterocycles. The number of piperidine rings is 1. The summed E-state index contributed by atoms with van der Waals surface area (Å²) in [4.78, 5) is 21.9. The Balaban J connectivity index is 1.34. The first kappa shape index (κ1) is 18.9. The average molecular weight is 402 g/mol. The summed E-state index contributed by atoms with van der Waals surface area (Å²) in [6.45, 7) is 2.52. The summed E-state index contributed by atoms with van der Waals surface area (Å²) in [6, 6.07) is 17.9. The van der Waals surface area contributed by atoms with E-state index in [1.165, 1.54) is 5.56 Å². The highest BCUT2D eigenvalue weighted by Crippen LogP contribution is 2.34. The van der Waals surface area contributed by atoms with E-state index in [9.17, 15) is 4.79 Å². The minimum Gasteiger partial charge on any atom is -0.467 e. The third-order valence-corrected chi connectivity index (χ3v) is 6.04. The van der Waals surface area contributed by atoms with Crippen LogP contribution in [0.15, 0.2) is 54.6 Å². The first-order valence-corrected chi connectivity index (χ1v) is 10.4. The van der Waals surface area contributed by atoms with Crippen LogP contribution in [0.4, 0.5) is 5.82 Å². The summed E-state index contributed by atoms with van der Waals surface area (Å²) in [6.07, 6.45) is 1.51. The molecule has 5 rings (SSSR count). The maximum absolute atomic E-state index is 12.6. The smallest absolute Gasteiger partial charge is 0.258 e. The first-order chi connectivity index (χ1) is 14.5. The maximum atomic E-state index is 12.6. The number of hydrogen-bond acceptors (Lipinski definition) is 5. The van der Waals surface area contributed by atoms with Gasteiger partial charge in [-0.15, -0.1) is 0 Å². The number of fused-ring (bicyclic) bond motifs is 2. The van der Waals surface area contributed by atoms with E-state index in [1.54, 1.807) is 0 Å². The van der Waals surface area contributed by atoms with E-state index in [2.05, 4.69) is 39.4 Å². The van der Waals surface area contributed by atoms with Crippen LogP contribution in [-0.4, -0.2) is 48.7 Å². The monoisotopic (exact) mass is 402 g/mol. The molecule has 30 heavy (non-hydrogen) atoms. The van der Waals surface area contributed by atoms with Crippen LogP contribution >= 0.6 is 0 Å². The van der Waals surface area contributed by atoms with Crippen LogP contribution in [0.25, 0.3) is 10.9 Å². The number of aromatic nitrogens is 1. The molecule has 1 fully saturated rings. The molecule has 2 aliphatic rings. The van der Waals surface area contributed by atoms with Crippen molar-refractivity contribution in [3.63, 3.8) is 0 Å². The molecule has 1 saturated heterocycles. The largest absolute Gasteiger partial charge is 0.467 e. The number of benzene rings is 2. The van der Waals surface area contributed by atoms with Gasteiger partial charge in [0, 0.05) is 57.5 Å². The zero-order chi connectivity index (χ0) is 20.7. The van der Waals surface area contributed by atoms with Crippen LogP contribution < -0.4 is 15.0 Å². The van der Waals surface area contributed by atoms with Crippen LogP contribution in [0, 0.1) is 0 Å². The highest BCUT2D eigenvalue weighted by Gasteiger charge is 2.42. The Morgan fingerprint density at radius 1 is 1.10 bits per heavy atom. The van der Waals surface area contributed by atoms with Crippen molar-refractivity contribution in [1.82, 2.24) is 15.2 Å². The van der Waals surface area contributed by atoms with Gasteiger partial charge in [0.25, 0.3) is 5.91 Å². The van der Waals surface area contributed by atoms with Crippen molar-refractivity contribution < 1.29 is 9.53 Å². The number of likely N-dealkylation sites (tertiary alicyclic amines) is 1. The summed E-state index contributed by atoms with van der Waals surface area (Å²) in [5.41, 5.74) is 2.24. The standard InChI is InChI=1S/C24H26N4O2/c1-27(2)22-18(15-17-7-3-5-9-20(17)25-22)16-28-13-11-24(12-14-28)26-23(29)19-8-4-6-10-21(19)30-24/h3-10,15H,11-14,16H2,1-2H3,(H,26,29). The number of para-hydroxylation sites is 2. The lowest BCUT2D eigenvalue weighted by molar-refractivity contribution is -0.0304. The molecule has 0 unspecified atom stereocenters. The second-order valence-corrected chi connectivity index (χ2v) is 8.38. The number of anilines is 1. The zero-order valence-electron chi connectivity index (χ0n) is 17.4. The second kappa shape index (κ2) is 7.29. The highest BCUT2D eigenvalue weighted by molar-refractivity contribution is 5.98. The lowest BCUT2D eigenvalue weighted by Gasteiger charge is -2.44. The van der Waals surface area contributed by atoms with Crippen LogP contribution in [0.3, 0.4) is 0 Å². The number of rotatable bonds is 3. The Morgan fingerprint density at radius 3 is 2.63 bits per heavy atom. The highest BCUT2D eigenvalue weighted by atomic mass is 16.5. The predicted octanol–water partition coefficient (Wildman–Crippen LogP) is 3.42. The predicted molar refractivity (Wildman–Crippen MR) is 118 cm³/mol. The van der Waals surface area contributed by atoms with Crippen molar-refractivity contribution in [1.29, 1.82) is 0 Å². The number of nitrogens with one attached hydrogen (secondary N) is 1. The number of nitrogens with zero attached hydrogens (tertiary/aromatic N) is 3. The number of carbonyl (C=O) groups excluding carboxylic acids is 1. The molecule has 1 N–H and O–H groups in total. The van der Waals surface area contributed by atoms with Crippen molar-refractivity contribution in [2.45, 2.75) is 25.1 Å². The molecule has 154 valence electrons. The number of hydrogen-bond donors (Lipinski definition) is 1. The van der Waals surface area contributed by atoms with Gasteiger partial charge in [-0.25, -0.2) is 4.98 Å². The Morgan fingerprint density at radius 2 is 1.83 bits per heavy atom. The van der Waals surface area contributed by atoms with Gasteiger partial charge in [0.15, 0.2) is 5.72 Å². The quantitative estimate of drug-likeness (QED) is 0.728. The van der Waals surface area contributed by atoms with E-state index in [0.29, 0.717) is 11.3 Å². The molecule has 3 aromatic rings. The van der Waals surface area contributed by atoms with Crippen LogP contribution in [0.5, 0.6) is 5.75 Å². The molecular weight excluding hydrogens is 376 g/mol. The molecule has 0 radical (unpaired) electrons. The van der Waals surface area contributed by atoms with Crippen LogP contribution in [-0.2, 0) is 6.54 Å². The van der Waals surface area contributed by atoms with Gasteiger partial charge in [0.1, 0.15) is 11.6 Å². The van der Waals surface area contributed by atoms with E-state index < -0.39 is 5.72 Å². The third-order valence-electron chi connectivity index (χ3n) is 6.04. The molecule has 1 spiro atoms. The van der Waals surface area contributed by atoms with E-state index >= 15 is 0 Å². The number of carbonyl (C=O) groups is 1. The van der Waals surface area contributed by atoms with Gasteiger partial charge in [0.2, 0.25) is 0 Å². The van der Waals surface area contributed by atoms with E-state index in [-0.39, 0.29) is 5.91 Å². The topological polar surface area (TPSA) is 57.7 Å². The van der Waals surface area contributed by atoms with E-state index in [1.807, 2.05) is 44.4 Å². The van der Waals surface area contributed by atoms with Gasteiger partial charge < -0.3 is 15.0 Å². The fourth-order valence-corrected chi connectivity index (χ4v) is 4.45. The van der Waals surface area contributed by atoms with Gasteiger partial charge in [-0.2, -0.15) is 0 Å². The molecule has 2 aromatic carbocycles. The fraction of sp³-hybridized carbons (Fsp3) is 0.333. The van der Waals surface area contributed by atoms with Gasteiger partial charge >= 0.3 is 0 Å². The Labute approximate surface area is 176 Å². The SMILES string of the molecule is CN(C)c1nc2ccccc2cc1CN1CCC2(CC1)NC(=O)c1ccccc1O2. The van der Waals surface area contributed by atoms with Gasteiger partial charge in [-0.3, -0.25) is 9.69 Å². The van der Waals surface area contributed by atoms with Gasteiger partial charge in [-0.05, 0) is 24.3 Å². The molecule has 6 nitrogen and oxygen atoms in total. The molecule has 1 amide bonds. The minimum absolute atomic E-state index is 0.0427. The lowest BCUT2D eigenvalue weighted by Crippen LogP contribution is -2.60. The van der Waals surface area contributed by atoms with Crippen LogP contribution in [0.1, 0.15) is 28.8 Å². The summed E-state index contributed by atoms with van der Waals surface area (Å²) < 4.78 is 6.27. The summed E-state index contributed by atoms with van der Waals surface area (Å²) in [5.74, 6) is 1.65.